The first-order valence-corrected chi connectivity index (χ1v) is 12.2. The number of quaternary nitrogens is 1. The molecule has 1 N–H and O–H groups in total. The Hall–Kier alpha value is -2.43. The van der Waals surface area contributed by atoms with Crippen molar-refractivity contribution >= 4 is 0 Å². The van der Waals surface area contributed by atoms with E-state index < -0.39 is 0 Å². The van der Waals surface area contributed by atoms with Crippen molar-refractivity contribution in [2.24, 2.45) is 5.92 Å². The Morgan fingerprint density at radius 2 is 1.72 bits per heavy atom. The Kier molecular flexibility index (Phi) is 8.52. The third-order valence-corrected chi connectivity index (χ3v) is 6.60. The summed E-state index contributed by atoms with van der Waals surface area (Å²) in [5.74, 6) is 2.79. The molecule has 1 aliphatic carbocycles. The van der Waals surface area contributed by atoms with Crippen LogP contribution in [-0.2, 0) is 17.9 Å². The summed E-state index contributed by atoms with van der Waals surface area (Å²) in [6.07, 6.45) is 9.52. The second kappa shape index (κ2) is 12.0. The molecule has 0 saturated heterocycles. The molecule has 2 atom stereocenters. The summed E-state index contributed by atoms with van der Waals surface area (Å²) in [6, 6.07) is 21.2. The van der Waals surface area contributed by atoms with Gasteiger partial charge in [0, 0.05) is 6.42 Å². The lowest BCUT2D eigenvalue weighted by molar-refractivity contribution is -0.895. The highest BCUT2D eigenvalue weighted by Crippen LogP contribution is 2.40. The van der Waals surface area contributed by atoms with Gasteiger partial charge in [0.1, 0.15) is 6.54 Å². The van der Waals surface area contributed by atoms with E-state index >= 15 is 0 Å². The van der Waals surface area contributed by atoms with E-state index in [1.807, 2.05) is 12.3 Å². The standard InChI is InChI=1S/C28H36N2O2/c1-30(18-11-19-31-22-23-12-5-2-6-13-23)21-26-20-29-28(32-26)27(24-14-7-3-8-15-24)25-16-9-4-10-17-25/h2-3,5-8,12-15,20,25,27H,4,9-11,16-19,21-22H2,1H3/p+1/t27-/m1/s1. The van der Waals surface area contributed by atoms with Crippen LogP contribution in [-0.4, -0.2) is 25.2 Å². The molecule has 1 saturated carbocycles. The van der Waals surface area contributed by atoms with E-state index in [1.54, 1.807) is 0 Å². The minimum absolute atomic E-state index is 0.275. The van der Waals surface area contributed by atoms with Crippen LogP contribution in [0.2, 0.25) is 0 Å². The molecule has 0 bridgehead atoms. The number of ether oxygens (including phenoxy) is 1. The Morgan fingerprint density at radius 1 is 1.00 bits per heavy atom. The molecular weight excluding hydrogens is 396 g/mol. The summed E-state index contributed by atoms with van der Waals surface area (Å²) in [5, 5.41) is 0. The van der Waals surface area contributed by atoms with Gasteiger partial charge in [-0.25, -0.2) is 4.98 Å². The molecule has 3 aromatic rings. The summed E-state index contributed by atoms with van der Waals surface area (Å²) >= 11 is 0. The predicted molar refractivity (Wildman–Crippen MR) is 128 cm³/mol. The summed E-state index contributed by atoms with van der Waals surface area (Å²) in [5.41, 5.74) is 2.57. The fraction of sp³-hybridized carbons (Fsp3) is 0.464. The van der Waals surface area contributed by atoms with Crippen molar-refractivity contribution in [3.8, 4) is 0 Å². The number of hydrogen-bond acceptors (Lipinski definition) is 3. The zero-order valence-corrected chi connectivity index (χ0v) is 19.3. The van der Waals surface area contributed by atoms with Crippen LogP contribution in [0.1, 0.15) is 67.2 Å². The molecule has 0 amide bonds. The van der Waals surface area contributed by atoms with Gasteiger partial charge in [-0.2, -0.15) is 0 Å². The third-order valence-electron chi connectivity index (χ3n) is 6.60. The number of nitrogens with zero attached hydrogens (tertiary/aromatic N) is 1. The minimum Gasteiger partial charge on any atom is -0.439 e. The molecule has 1 aromatic heterocycles. The van der Waals surface area contributed by atoms with E-state index in [1.165, 1.54) is 48.1 Å². The lowest BCUT2D eigenvalue weighted by Crippen LogP contribution is -3.07. The maximum atomic E-state index is 6.35. The molecule has 1 aliphatic rings. The molecule has 4 nitrogen and oxygen atoms in total. The zero-order chi connectivity index (χ0) is 22.0. The van der Waals surface area contributed by atoms with E-state index in [2.05, 4.69) is 61.6 Å². The van der Waals surface area contributed by atoms with Crippen LogP contribution in [0.3, 0.4) is 0 Å². The maximum absolute atomic E-state index is 6.35. The Bertz CT molecular complexity index is 903. The Balaban J connectivity index is 1.28. The number of hydrogen-bond donors (Lipinski definition) is 1. The average Bonchev–Trinajstić information content (AvgIpc) is 3.29. The highest BCUT2D eigenvalue weighted by molar-refractivity contribution is 5.26. The van der Waals surface area contributed by atoms with Gasteiger partial charge >= 0.3 is 0 Å². The van der Waals surface area contributed by atoms with Crippen molar-refractivity contribution in [1.82, 2.24) is 4.98 Å². The van der Waals surface area contributed by atoms with E-state index in [9.17, 15) is 0 Å². The Morgan fingerprint density at radius 3 is 2.47 bits per heavy atom. The highest BCUT2D eigenvalue weighted by atomic mass is 16.5. The van der Waals surface area contributed by atoms with Crippen LogP contribution in [0.5, 0.6) is 0 Å². The summed E-state index contributed by atoms with van der Waals surface area (Å²) in [7, 11) is 2.22. The quantitative estimate of drug-likeness (QED) is 0.432. The van der Waals surface area contributed by atoms with E-state index in [-0.39, 0.29) is 5.92 Å². The van der Waals surface area contributed by atoms with Crippen molar-refractivity contribution in [1.29, 1.82) is 0 Å². The van der Waals surface area contributed by atoms with Gasteiger partial charge in [0.05, 0.1) is 38.9 Å². The van der Waals surface area contributed by atoms with Crippen molar-refractivity contribution in [2.75, 3.05) is 20.2 Å². The molecule has 32 heavy (non-hydrogen) atoms. The zero-order valence-electron chi connectivity index (χ0n) is 19.3. The van der Waals surface area contributed by atoms with Gasteiger partial charge in [0.15, 0.2) is 5.76 Å². The molecule has 4 rings (SSSR count). The van der Waals surface area contributed by atoms with Crippen LogP contribution < -0.4 is 4.90 Å². The molecule has 0 spiro atoms. The number of benzene rings is 2. The largest absolute Gasteiger partial charge is 0.439 e. The number of rotatable bonds is 11. The van der Waals surface area contributed by atoms with Crippen LogP contribution in [0, 0.1) is 5.92 Å². The fourth-order valence-corrected chi connectivity index (χ4v) is 4.92. The van der Waals surface area contributed by atoms with Gasteiger partial charge in [0.2, 0.25) is 5.89 Å². The van der Waals surface area contributed by atoms with Gasteiger partial charge in [0.25, 0.3) is 0 Å². The predicted octanol–water partition coefficient (Wildman–Crippen LogP) is 5.01. The van der Waals surface area contributed by atoms with Gasteiger partial charge in [-0.05, 0) is 29.9 Å². The molecule has 0 aliphatic heterocycles. The van der Waals surface area contributed by atoms with Crippen LogP contribution >= 0.6 is 0 Å². The Labute approximate surface area is 192 Å². The monoisotopic (exact) mass is 433 g/mol. The second-order valence-corrected chi connectivity index (χ2v) is 9.23. The molecular formula is C28H37N2O2+. The van der Waals surface area contributed by atoms with Crippen LogP contribution in [0.4, 0.5) is 0 Å². The van der Waals surface area contributed by atoms with Crippen LogP contribution in [0.25, 0.3) is 0 Å². The average molecular weight is 434 g/mol. The van der Waals surface area contributed by atoms with Gasteiger partial charge in [-0.15, -0.1) is 0 Å². The lowest BCUT2D eigenvalue weighted by atomic mass is 9.77. The van der Waals surface area contributed by atoms with Crippen molar-refractivity contribution in [2.45, 2.75) is 57.6 Å². The molecule has 170 valence electrons. The van der Waals surface area contributed by atoms with Crippen molar-refractivity contribution < 1.29 is 14.1 Å². The number of aromatic nitrogens is 1. The third kappa shape index (κ3) is 6.54. The SMILES string of the molecule is C[NH+](CCCOCc1ccccc1)Cc1cnc([C@H](c2ccccc2)C2CCCCC2)o1. The smallest absolute Gasteiger partial charge is 0.202 e. The second-order valence-electron chi connectivity index (χ2n) is 9.23. The van der Waals surface area contributed by atoms with Gasteiger partial charge in [-0.3, -0.25) is 0 Å². The molecule has 1 fully saturated rings. The normalized spacial score (nSPS) is 16.7. The minimum atomic E-state index is 0.275. The molecule has 2 aromatic carbocycles. The van der Waals surface area contributed by atoms with Gasteiger partial charge in [-0.1, -0.05) is 79.9 Å². The molecule has 4 heteroatoms. The lowest BCUT2D eigenvalue weighted by Gasteiger charge is -2.28. The first-order valence-electron chi connectivity index (χ1n) is 12.2. The first kappa shape index (κ1) is 22.8. The number of oxazole rings is 1. The van der Waals surface area contributed by atoms with Crippen molar-refractivity contribution in [3.63, 3.8) is 0 Å². The summed E-state index contributed by atoms with van der Waals surface area (Å²) in [6.45, 7) is 3.38. The molecule has 1 unspecified atom stereocenters. The number of nitrogens with one attached hydrogen (secondary N) is 1. The maximum Gasteiger partial charge on any atom is 0.202 e. The topological polar surface area (TPSA) is 39.7 Å². The van der Waals surface area contributed by atoms with Gasteiger partial charge < -0.3 is 14.1 Å². The fourth-order valence-electron chi connectivity index (χ4n) is 4.92. The van der Waals surface area contributed by atoms with Crippen molar-refractivity contribution in [3.05, 3.63) is 89.6 Å². The van der Waals surface area contributed by atoms with E-state index in [0.717, 1.165) is 37.8 Å². The highest BCUT2D eigenvalue weighted by Gasteiger charge is 2.30. The summed E-state index contributed by atoms with van der Waals surface area (Å²) < 4.78 is 12.2. The van der Waals surface area contributed by atoms with E-state index in [0.29, 0.717) is 12.5 Å². The first-order chi connectivity index (χ1) is 15.8. The summed E-state index contributed by atoms with van der Waals surface area (Å²) in [4.78, 5) is 6.18. The van der Waals surface area contributed by atoms with E-state index in [4.69, 9.17) is 14.1 Å². The molecule has 1 heterocycles. The molecule has 0 radical (unpaired) electrons. The van der Waals surface area contributed by atoms with Crippen LogP contribution in [0.15, 0.2) is 71.3 Å².